The van der Waals surface area contributed by atoms with Crippen LogP contribution in [0.15, 0.2) is 24.4 Å². The molecule has 4 nitrogen and oxygen atoms in total. The summed E-state index contributed by atoms with van der Waals surface area (Å²) in [7, 11) is 1.54. The number of hydrogen-bond acceptors (Lipinski definition) is 3. The van der Waals surface area contributed by atoms with Gasteiger partial charge in [0.15, 0.2) is 11.6 Å². The minimum absolute atomic E-state index is 0.0595. The number of rotatable bonds is 2. The van der Waals surface area contributed by atoms with Gasteiger partial charge >= 0.3 is 0 Å². The van der Waals surface area contributed by atoms with Gasteiger partial charge in [0.1, 0.15) is 5.69 Å². The molecule has 0 radical (unpaired) electrons. The fourth-order valence-corrected chi connectivity index (χ4v) is 1.28. The standard InChI is InChI=1S/C10H7F2N3O/c1-15-9(5-13-14-15)10(16)6-2-3-7(11)8(12)4-6/h2-5H,1H3. The van der Waals surface area contributed by atoms with E-state index >= 15 is 0 Å². The summed E-state index contributed by atoms with van der Waals surface area (Å²) in [6, 6.07) is 2.98. The maximum atomic E-state index is 12.9. The highest BCUT2D eigenvalue weighted by molar-refractivity contribution is 6.07. The second-order valence-corrected chi connectivity index (χ2v) is 3.20. The van der Waals surface area contributed by atoms with E-state index in [1.807, 2.05) is 0 Å². The Morgan fingerprint density at radius 3 is 2.62 bits per heavy atom. The third kappa shape index (κ3) is 1.69. The van der Waals surface area contributed by atoms with Crippen molar-refractivity contribution in [1.82, 2.24) is 15.0 Å². The molecule has 82 valence electrons. The van der Waals surface area contributed by atoms with E-state index in [4.69, 9.17) is 0 Å². The minimum Gasteiger partial charge on any atom is -0.287 e. The summed E-state index contributed by atoms with van der Waals surface area (Å²) < 4.78 is 26.9. The molecule has 0 bridgehead atoms. The van der Waals surface area contributed by atoms with Crippen molar-refractivity contribution in [3.63, 3.8) is 0 Å². The van der Waals surface area contributed by atoms with Crippen LogP contribution >= 0.6 is 0 Å². The van der Waals surface area contributed by atoms with E-state index in [9.17, 15) is 13.6 Å². The quantitative estimate of drug-likeness (QED) is 0.721. The van der Waals surface area contributed by atoms with Crippen LogP contribution in [-0.2, 0) is 7.05 Å². The number of carbonyl (C=O) groups excluding carboxylic acids is 1. The molecular formula is C10H7F2N3O. The van der Waals surface area contributed by atoms with Crippen LogP contribution in [0.2, 0.25) is 0 Å². The third-order valence-electron chi connectivity index (χ3n) is 2.13. The molecule has 1 heterocycles. The largest absolute Gasteiger partial charge is 0.287 e. The predicted octanol–water partition coefficient (Wildman–Crippen LogP) is 1.32. The maximum Gasteiger partial charge on any atom is 0.212 e. The highest BCUT2D eigenvalue weighted by atomic mass is 19.2. The molecule has 0 aliphatic carbocycles. The Morgan fingerprint density at radius 2 is 2.06 bits per heavy atom. The van der Waals surface area contributed by atoms with Gasteiger partial charge in [-0.2, -0.15) is 0 Å². The Hall–Kier alpha value is -2.11. The number of aromatic nitrogens is 3. The zero-order chi connectivity index (χ0) is 11.7. The summed E-state index contributed by atoms with van der Waals surface area (Å²) in [5.74, 6) is -2.49. The third-order valence-corrected chi connectivity index (χ3v) is 2.13. The highest BCUT2D eigenvalue weighted by Gasteiger charge is 2.15. The van der Waals surface area contributed by atoms with Crippen molar-refractivity contribution >= 4 is 5.78 Å². The smallest absolute Gasteiger partial charge is 0.212 e. The lowest BCUT2D eigenvalue weighted by Crippen LogP contribution is -2.08. The fraction of sp³-hybridized carbons (Fsp3) is 0.100. The first-order valence-electron chi connectivity index (χ1n) is 4.44. The Bertz CT molecular complexity index is 551. The molecule has 1 aromatic heterocycles. The van der Waals surface area contributed by atoms with Gasteiger partial charge in [-0.15, -0.1) is 5.10 Å². The number of ketones is 1. The molecule has 0 aliphatic rings. The first-order valence-corrected chi connectivity index (χ1v) is 4.44. The van der Waals surface area contributed by atoms with Crippen LogP contribution in [0.3, 0.4) is 0 Å². The molecule has 2 aromatic rings. The van der Waals surface area contributed by atoms with E-state index in [0.29, 0.717) is 0 Å². The summed E-state index contributed by atoms with van der Waals surface area (Å²) in [5, 5.41) is 7.11. The molecule has 0 atom stereocenters. The Labute approximate surface area is 89.5 Å². The highest BCUT2D eigenvalue weighted by Crippen LogP contribution is 2.12. The second kappa shape index (κ2) is 3.80. The van der Waals surface area contributed by atoms with E-state index in [1.165, 1.54) is 16.9 Å². The lowest BCUT2D eigenvalue weighted by atomic mass is 10.1. The number of hydrogen-bond donors (Lipinski definition) is 0. The summed E-state index contributed by atoms with van der Waals surface area (Å²) in [6.07, 6.45) is 1.27. The van der Waals surface area contributed by atoms with Crippen LogP contribution in [0, 0.1) is 11.6 Å². The molecule has 1 aromatic carbocycles. The van der Waals surface area contributed by atoms with Gasteiger partial charge in [-0.25, -0.2) is 13.5 Å². The summed E-state index contributed by atoms with van der Waals surface area (Å²) in [6.45, 7) is 0. The zero-order valence-corrected chi connectivity index (χ0v) is 8.32. The monoisotopic (exact) mass is 223 g/mol. The lowest BCUT2D eigenvalue weighted by Gasteiger charge is -2.00. The topological polar surface area (TPSA) is 47.8 Å². The van der Waals surface area contributed by atoms with Crippen LogP contribution in [0.1, 0.15) is 16.1 Å². The van der Waals surface area contributed by atoms with E-state index in [1.54, 1.807) is 7.05 Å². The van der Waals surface area contributed by atoms with Gasteiger partial charge in [-0.3, -0.25) is 4.79 Å². The average molecular weight is 223 g/mol. The van der Waals surface area contributed by atoms with Crippen molar-refractivity contribution in [2.75, 3.05) is 0 Å². The van der Waals surface area contributed by atoms with Gasteiger partial charge in [0.05, 0.1) is 6.20 Å². The first-order chi connectivity index (χ1) is 7.59. The molecule has 0 unspecified atom stereocenters. The minimum atomic E-state index is -1.05. The molecule has 2 rings (SSSR count). The maximum absolute atomic E-state index is 12.9. The number of nitrogens with zero attached hydrogens (tertiary/aromatic N) is 3. The first kappa shape index (κ1) is 10.4. The van der Waals surface area contributed by atoms with E-state index in [0.717, 1.165) is 12.1 Å². The van der Waals surface area contributed by atoms with Crippen molar-refractivity contribution in [2.24, 2.45) is 7.05 Å². The van der Waals surface area contributed by atoms with Gasteiger partial charge < -0.3 is 0 Å². The van der Waals surface area contributed by atoms with Crippen molar-refractivity contribution in [1.29, 1.82) is 0 Å². The summed E-state index contributed by atoms with van der Waals surface area (Å²) >= 11 is 0. The van der Waals surface area contributed by atoms with Crippen LogP contribution in [0.5, 0.6) is 0 Å². The van der Waals surface area contributed by atoms with E-state index in [2.05, 4.69) is 10.3 Å². The Morgan fingerprint density at radius 1 is 1.31 bits per heavy atom. The molecule has 0 fully saturated rings. The molecule has 16 heavy (non-hydrogen) atoms. The SMILES string of the molecule is Cn1nncc1C(=O)c1ccc(F)c(F)c1. The van der Waals surface area contributed by atoms with Gasteiger partial charge in [-0.1, -0.05) is 5.21 Å². The second-order valence-electron chi connectivity index (χ2n) is 3.20. The summed E-state index contributed by atoms with van der Waals surface area (Å²) in [4.78, 5) is 11.8. The van der Waals surface area contributed by atoms with Crippen molar-refractivity contribution < 1.29 is 13.6 Å². The molecule has 0 spiro atoms. The van der Waals surface area contributed by atoms with Crippen molar-refractivity contribution in [2.45, 2.75) is 0 Å². The molecule has 0 aliphatic heterocycles. The molecule has 0 amide bonds. The van der Waals surface area contributed by atoms with Gasteiger partial charge in [-0.05, 0) is 18.2 Å². The van der Waals surface area contributed by atoms with Crippen LogP contribution in [0.25, 0.3) is 0 Å². The molecule has 0 saturated carbocycles. The molecule has 0 saturated heterocycles. The zero-order valence-electron chi connectivity index (χ0n) is 8.32. The number of carbonyl (C=O) groups is 1. The lowest BCUT2D eigenvalue weighted by molar-refractivity contribution is 0.102. The number of aryl methyl sites for hydroxylation is 1. The van der Waals surface area contributed by atoms with Crippen LogP contribution in [0.4, 0.5) is 8.78 Å². The molecule has 6 heteroatoms. The predicted molar refractivity (Wildman–Crippen MR) is 50.8 cm³/mol. The number of benzene rings is 1. The van der Waals surface area contributed by atoms with Gasteiger partial charge in [0, 0.05) is 12.6 Å². The van der Waals surface area contributed by atoms with E-state index in [-0.39, 0.29) is 11.3 Å². The summed E-state index contributed by atoms with van der Waals surface area (Å²) in [5.41, 5.74) is 0.273. The van der Waals surface area contributed by atoms with Crippen molar-refractivity contribution in [3.05, 3.63) is 47.3 Å². The Balaban J connectivity index is 2.42. The van der Waals surface area contributed by atoms with E-state index < -0.39 is 17.4 Å². The van der Waals surface area contributed by atoms with Crippen LogP contribution in [-0.4, -0.2) is 20.8 Å². The van der Waals surface area contributed by atoms with Crippen LogP contribution < -0.4 is 0 Å². The van der Waals surface area contributed by atoms with Crippen molar-refractivity contribution in [3.8, 4) is 0 Å². The number of halogens is 2. The molecular weight excluding hydrogens is 216 g/mol. The average Bonchev–Trinajstić information content (AvgIpc) is 2.67. The fourth-order valence-electron chi connectivity index (χ4n) is 1.28. The normalized spacial score (nSPS) is 10.4. The Kier molecular flexibility index (Phi) is 2.47. The van der Waals surface area contributed by atoms with Gasteiger partial charge in [0.25, 0.3) is 0 Å². The van der Waals surface area contributed by atoms with Gasteiger partial charge in [0.2, 0.25) is 5.78 Å². The molecule has 0 N–H and O–H groups in total.